The molecule has 1 saturated carbocycles. The minimum absolute atomic E-state index is 0.610. The minimum atomic E-state index is 0.610. The van der Waals surface area contributed by atoms with Crippen molar-refractivity contribution < 1.29 is 9.47 Å². The lowest BCUT2D eigenvalue weighted by Gasteiger charge is -2.15. The Hall–Kier alpha value is -2.79. The fraction of sp³-hybridized carbons (Fsp3) is 0.318. The van der Waals surface area contributed by atoms with Gasteiger partial charge in [0.25, 0.3) is 0 Å². The second-order valence-corrected chi connectivity index (χ2v) is 6.90. The molecule has 2 N–H and O–H groups in total. The van der Waals surface area contributed by atoms with Gasteiger partial charge in [-0.25, -0.2) is 0 Å². The molecule has 1 aliphatic rings. The number of nitrogens with zero attached hydrogens (tertiary/aromatic N) is 1. The molecule has 1 aliphatic carbocycles. The molecule has 0 unspecified atom stereocenters. The molecule has 0 spiro atoms. The number of pyridine rings is 1. The van der Waals surface area contributed by atoms with Gasteiger partial charge in [-0.2, -0.15) is 0 Å². The Kier molecular flexibility index (Phi) is 5.12. The van der Waals surface area contributed by atoms with Crippen LogP contribution in [0.3, 0.4) is 0 Å². The molecule has 0 atom stereocenters. The first-order chi connectivity index (χ1) is 13.2. The second kappa shape index (κ2) is 7.84. The molecule has 4 rings (SSSR count). The third kappa shape index (κ3) is 4.14. The van der Waals surface area contributed by atoms with E-state index >= 15 is 0 Å². The number of aryl methyl sites for hydroxylation is 1. The molecule has 1 aromatic heterocycles. The normalized spacial score (nSPS) is 13.6. The summed E-state index contributed by atoms with van der Waals surface area (Å²) in [7, 11) is 1.66. The van der Waals surface area contributed by atoms with Crippen molar-refractivity contribution in [3.63, 3.8) is 0 Å². The first kappa shape index (κ1) is 17.6. The number of hydrogen-bond donors (Lipinski definition) is 2. The number of fused-ring (bicyclic) bond motifs is 1. The van der Waals surface area contributed by atoms with Gasteiger partial charge in [0.15, 0.2) is 11.5 Å². The van der Waals surface area contributed by atoms with Crippen molar-refractivity contribution in [2.75, 3.05) is 25.6 Å². The molecule has 5 nitrogen and oxygen atoms in total. The van der Waals surface area contributed by atoms with E-state index in [1.54, 1.807) is 7.11 Å². The summed E-state index contributed by atoms with van der Waals surface area (Å²) in [6.07, 6.45) is 4.36. The molecule has 3 aromatic rings. The first-order valence-electron chi connectivity index (χ1n) is 9.40. The largest absolute Gasteiger partial charge is 0.493 e. The highest BCUT2D eigenvalue weighted by Crippen LogP contribution is 2.35. The quantitative estimate of drug-likeness (QED) is 0.580. The Morgan fingerprint density at radius 2 is 1.93 bits per heavy atom. The third-order valence-corrected chi connectivity index (χ3v) is 4.81. The number of methoxy groups -OCH3 is 1. The van der Waals surface area contributed by atoms with Gasteiger partial charge in [-0.1, -0.05) is 18.2 Å². The smallest absolute Gasteiger partial charge is 0.162 e. The van der Waals surface area contributed by atoms with Gasteiger partial charge < -0.3 is 20.1 Å². The van der Waals surface area contributed by atoms with E-state index in [1.165, 1.54) is 18.4 Å². The number of ether oxygens (including phenoxy) is 2. The Balaban J connectivity index is 1.61. The van der Waals surface area contributed by atoms with E-state index in [9.17, 15) is 0 Å². The highest BCUT2D eigenvalue weighted by Gasteiger charge is 2.19. The van der Waals surface area contributed by atoms with E-state index in [2.05, 4.69) is 34.7 Å². The van der Waals surface area contributed by atoms with Crippen LogP contribution in [0, 0.1) is 6.92 Å². The van der Waals surface area contributed by atoms with E-state index in [-0.39, 0.29) is 0 Å². The Morgan fingerprint density at radius 3 is 2.70 bits per heavy atom. The summed E-state index contributed by atoms with van der Waals surface area (Å²) in [4.78, 5) is 4.50. The van der Waals surface area contributed by atoms with Crippen LogP contribution >= 0.6 is 0 Å². The van der Waals surface area contributed by atoms with Crippen molar-refractivity contribution in [1.82, 2.24) is 10.3 Å². The predicted octanol–water partition coefficient (Wildman–Crippen LogP) is 4.43. The standard InChI is InChI=1S/C22H25N3O2/c1-15-5-3-4-6-18(15)25-19-9-10-24-20-14-21(26-2)22(13-17(19)20)27-12-11-23-16-7-8-16/h3-6,9-10,13-14,16,23H,7-8,11-12H2,1-2H3,(H,24,25). The molecule has 1 fully saturated rings. The van der Waals surface area contributed by atoms with Crippen molar-refractivity contribution in [2.24, 2.45) is 0 Å². The molecule has 27 heavy (non-hydrogen) atoms. The number of anilines is 2. The number of aromatic nitrogens is 1. The zero-order valence-electron chi connectivity index (χ0n) is 15.8. The molecular formula is C22H25N3O2. The summed E-state index contributed by atoms with van der Waals surface area (Å²) in [5.41, 5.74) is 4.14. The molecule has 0 amide bonds. The summed E-state index contributed by atoms with van der Waals surface area (Å²) < 4.78 is 11.5. The molecular weight excluding hydrogens is 338 g/mol. The van der Waals surface area contributed by atoms with Gasteiger partial charge >= 0.3 is 0 Å². The zero-order chi connectivity index (χ0) is 18.6. The van der Waals surface area contributed by atoms with E-state index in [0.717, 1.165) is 34.6 Å². The fourth-order valence-corrected chi connectivity index (χ4v) is 3.10. The lowest BCUT2D eigenvalue weighted by molar-refractivity contribution is 0.292. The third-order valence-electron chi connectivity index (χ3n) is 4.81. The van der Waals surface area contributed by atoms with Gasteiger partial charge in [0, 0.05) is 41.6 Å². The van der Waals surface area contributed by atoms with Gasteiger partial charge in [-0.15, -0.1) is 0 Å². The van der Waals surface area contributed by atoms with Gasteiger partial charge in [0.1, 0.15) is 6.61 Å². The molecule has 0 aliphatic heterocycles. The lowest BCUT2D eigenvalue weighted by Crippen LogP contribution is -2.22. The minimum Gasteiger partial charge on any atom is -0.493 e. The highest BCUT2D eigenvalue weighted by molar-refractivity contribution is 5.95. The van der Waals surface area contributed by atoms with Crippen molar-refractivity contribution >= 4 is 22.3 Å². The number of benzene rings is 2. The fourth-order valence-electron chi connectivity index (χ4n) is 3.10. The number of nitrogens with one attached hydrogen (secondary N) is 2. The average Bonchev–Trinajstić information content (AvgIpc) is 3.51. The summed E-state index contributed by atoms with van der Waals surface area (Å²) in [5.74, 6) is 1.44. The number of rotatable bonds is 8. The Bertz CT molecular complexity index is 938. The zero-order valence-corrected chi connectivity index (χ0v) is 15.8. The van der Waals surface area contributed by atoms with Gasteiger partial charge in [0.2, 0.25) is 0 Å². The first-order valence-corrected chi connectivity index (χ1v) is 9.40. The molecule has 140 valence electrons. The van der Waals surface area contributed by atoms with Crippen molar-refractivity contribution in [1.29, 1.82) is 0 Å². The Labute approximate surface area is 159 Å². The van der Waals surface area contributed by atoms with Crippen LogP contribution in [-0.4, -0.2) is 31.3 Å². The van der Waals surface area contributed by atoms with Crippen LogP contribution in [-0.2, 0) is 0 Å². The molecule has 0 radical (unpaired) electrons. The van der Waals surface area contributed by atoms with Crippen LogP contribution in [0.1, 0.15) is 18.4 Å². The molecule has 2 aromatic carbocycles. The van der Waals surface area contributed by atoms with Crippen molar-refractivity contribution in [3.8, 4) is 11.5 Å². The molecule has 0 saturated heterocycles. The monoisotopic (exact) mass is 363 g/mol. The highest BCUT2D eigenvalue weighted by atomic mass is 16.5. The summed E-state index contributed by atoms with van der Waals surface area (Å²) in [6.45, 7) is 3.54. The van der Waals surface area contributed by atoms with Gasteiger partial charge in [-0.05, 0) is 43.5 Å². The number of para-hydroxylation sites is 1. The van der Waals surface area contributed by atoms with Gasteiger partial charge in [-0.3, -0.25) is 4.98 Å². The van der Waals surface area contributed by atoms with Gasteiger partial charge in [0.05, 0.1) is 12.6 Å². The molecule has 0 bridgehead atoms. The topological polar surface area (TPSA) is 55.4 Å². The van der Waals surface area contributed by atoms with Crippen molar-refractivity contribution in [2.45, 2.75) is 25.8 Å². The van der Waals surface area contributed by atoms with Crippen LogP contribution in [0.5, 0.6) is 11.5 Å². The molecule has 1 heterocycles. The second-order valence-electron chi connectivity index (χ2n) is 6.90. The number of hydrogen-bond acceptors (Lipinski definition) is 5. The SMILES string of the molecule is COc1cc2nccc(Nc3ccccc3C)c2cc1OCCNC1CC1. The average molecular weight is 363 g/mol. The van der Waals surface area contributed by atoms with Crippen LogP contribution in [0.15, 0.2) is 48.7 Å². The molecule has 5 heteroatoms. The maximum atomic E-state index is 6.00. The predicted molar refractivity (Wildman–Crippen MR) is 109 cm³/mol. The summed E-state index contributed by atoms with van der Waals surface area (Å²) in [5, 5.41) is 7.99. The summed E-state index contributed by atoms with van der Waals surface area (Å²) >= 11 is 0. The summed E-state index contributed by atoms with van der Waals surface area (Å²) in [6, 6.07) is 14.9. The maximum absolute atomic E-state index is 6.00. The maximum Gasteiger partial charge on any atom is 0.162 e. The van der Waals surface area contributed by atoms with Crippen LogP contribution in [0.25, 0.3) is 10.9 Å². The van der Waals surface area contributed by atoms with Crippen LogP contribution in [0.2, 0.25) is 0 Å². The van der Waals surface area contributed by atoms with E-state index in [4.69, 9.17) is 9.47 Å². The van der Waals surface area contributed by atoms with Crippen molar-refractivity contribution in [3.05, 3.63) is 54.2 Å². The van der Waals surface area contributed by atoms with Crippen LogP contribution in [0.4, 0.5) is 11.4 Å². The van der Waals surface area contributed by atoms with E-state index < -0.39 is 0 Å². The van der Waals surface area contributed by atoms with E-state index in [1.807, 2.05) is 36.5 Å². The van der Waals surface area contributed by atoms with E-state index in [0.29, 0.717) is 18.4 Å². The lowest BCUT2D eigenvalue weighted by atomic mass is 10.1. The Morgan fingerprint density at radius 1 is 1.07 bits per heavy atom. The van der Waals surface area contributed by atoms with Crippen LogP contribution < -0.4 is 20.1 Å².